The lowest BCUT2D eigenvalue weighted by molar-refractivity contribution is 0.195. The number of ether oxygens (including phenoxy) is 1. The number of aliphatic hydroxyl groups excluding tert-OH is 1. The van der Waals surface area contributed by atoms with E-state index in [1.165, 1.54) is 6.07 Å². The van der Waals surface area contributed by atoms with Crippen LogP contribution in [0.15, 0.2) is 12.1 Å². The second kappa shape index (κ2) is 4.53. The number of aliphatic hydroxyl groups is 1. The molecule has 0 aliphatic heterocycles. The largest absolute Gasteiger partial charge is 0.488 e. The Morgan fingerprint density at radius 2 is 2.07 bits per heavy atom. The quantitative estimate of drug-likeness (QED) is 0.795. The summed E-state index contributed by atoms with van der Waals surface area (Å²) in [4.78, 5) is 0. The second-order valence-corrected chi connectivity index (χ2v) is 2.42. The first-order valence-corrected chi connectivity index (χ1v) is 3.82. The van der Waals surface area contributed by atoms with E-state index < -0.39 is 11.6 Å². The second-order valence-electron chi connectivity index (χ2n) is 2.42. The first kappa shape index (κ1) is 10.4. The van der Waals surface area contributed by atoms with Gasteiger partial charge in [-0.05, 0) is 12.1 Å². The van der Waals surface area contributed by atoms with Crippen LogP contribution < -0.4 is 4.74 Å². The Labute approximate surface area is 79.2 Å². The SMILES string of the molecule is N#Cc1ccc(OCCO)c(F)c1F. The molecular weight excluding hydrogens is 192 g/mol. The van der Waals surface area contributed by atoms with Crippen molar-refractivity contribution in [2.45, 2.75) is 0 Å². The molecule has 0 atom stereocenters. The Morgan fingerprint density at radius 1 is 1.36 bits per heavy atom. The molecule has 0 saturated heterocycles. The molecule has 0 saturated carbocycles. The maximum Gasteiger partial charge on any atom is 0.201 e. The van der Waals surface area contributed by atoms with Crippen LogP contribution in [0, 0.1) is 23.0 Å². The van der Waals surface area contributed by atoms with Crippen LogP contribution >= 0.6 is 0 Å². The summed E-state index contributed by atoms with van der Waals surface area (Å²) >= 11 is 0. The highest BCUT2D eigenvalue weighted by Crippen LogP contribution is 2.21. The van der Waals surface area contributed by atoms with Gasteiger partial charge in [0.05, 0.1) is 12.2 Å². The Balaban J connectivity index is 3.00. The van der Waals surface area contributed by atoms with E-state index in [1.807, 2.05) is 0 Å². The van der Waals surface area contributed by atoms with Crippen molar-refractivity contribution in [3.63, 3.8) is 0 Å². The van der Waals surface area contributed by atoms with Crippen molar-refractivity contribution in [1.29, 1.82) is 5.26 Å². The zero-order chi connectivity index (χ0) is 10.6. The van der Waals surface area contributed by atoms with Gasteiger partial charge in [0.25, 0.3) is 0 Å². The fourth-order valence-corrected chi connectivity index (χ4v) is 0.885. The first-order chi connectivity index (χ1) is 6.70. The molecule has 0 heterocycles. The molecule has 1 rings (SSSR count). The van der Waals surface area contributed by atoms with Gasteiger partial charge in [0, 0.05) is 0 Å². The van der Waals surface area contributed by atoms with Gasteiger partial charge < -0.3 is 9.84 Å². The van der Waals surface area contributed by atoms with Gasteiger partial charge in [-0.15, -0.1) is 0 Å². The predicted octanol–water partition coefficient (Wildman–Crippen LogP) is 1.21. The topological polar surface area (TPSA) is 53.2 Å². The molecule has 74 valence electrons. The third-order valence-corrected chi connectivity index (χ3v) is 1.52. The Kier molecular flexibility index (Phi) is 3.37. The minimum Gasteiger partial charge on any atom is -0.488 e. The highest BCUT2D eigenvalue weighted by Gasteiger charge is 2.13. The molecule has 5 heteroatoms. The molecule has 1 N–H and O–H groups in total. The number of rotatable bonds is 3. The van der Waals surface area contributed by atoms with E-state index in [2.05, 4.69) is 0 Å². The van der Waals surface area contributed by atoms with Gasteiger partial charge in [-0.25, -0.2) is 4.39 Å². The standard InChI is InChI=1S/C9H7F2NO2/c10-8-6(5-12)1-2-7(9(8)11)14-4-3-13/h1-2,13H,3-4H2. The highest BCUT2D eigenvalue weighted by atomic mass is 19.2. The van der Waals surface area contributed by atoms with E-state index in [4.69, 9.17) is 15.1 Å². The minimum absolute atomic E-state index is 0.123. The van der Waals surface area contributed by atoms with Gasteiger partial charge in [0.2, 0.25) is 5.82 Å². The van der Waals surface area contributed by atoms with E-state index in [0.717, 1.165) is 12.1 Å². The maximum absolute atomic E-state index is 13.0. The minimum atomic E-state index is -1.23. The fourth-order valence-electron chi connectivity index (χ4n) is 0.885. The average molecular weight is 199 g/mol. The third-order valence-electron chi connectivity index (χ3n) is 1.52. The van der Waals surface area contributed by atoms with Crippen molar-refractivity contribution in [2.75, 3.05) is 13.2 Å². The lowest BCUT2D eigenvalue weighted by atomic mass is 10.2. The lowest BCUT2D eigenvalue weighted by Crippen LogP contribution is -2.04. The van der Waals surface area contributed by atoms with Crippen molar-refractivity contribution in [3.05, 3.63) is 29.3 Å². The van der Waals surface area contributed by atoms with E-state index in [-0.39, 0.29) is 24.5 Å². The predicted molar refractivity (Wildman–Crippen MR) is 43.7 cm³/mol. The van der Waals surface area contributed by atoms with Crippen LogP contribution in [-0.2, 0) is 0 Å². The summed E-state index contributed by atoms with van der Waals surface area (Å²) in [5.74, 6) is -2.75. The Bertz CT molecular complexity index is 374. The molecule has 0 aliphatic carbocycles. The van der Waals surface area contributed by atoms with Gasteiger partial charge in [-0.1, -0.05) is 0 Å². The molecule has 0 aromatic heterocycles. The van der Waals surface area contributed by atoms with Crippen LogP contribution in [0.3, 0.4) is 0 Å². The molecule has 0 unspecified atom stereocenters. The summed E-state index contributed by atoms with van der Waals surface area (Å²) < 4.78 is 30.7. The van der Waals surface area contributed by atoms with Crippen molar-refractivity contribution < 1.29 is 18.6 Å². The van der Waals surface area contributed by atoms with Gasteiger partial charge in [-0.3, -0.25) is 0 Å². The normalized spacial score (nSPS) is 9.57. The van der Waals surface area contributed by atoms with Gasteiger partial charge in [0.1, 0.15) is 12.7 Å². The van der Waals surface area contributed by atoms with Crippen LogP contribution in [0.25, 0.3) is 0 Å². The molecule has 3 nitrogen and oxygen atoms in total. The van der Waals surface area contributed by atoms with Crippen LogP contribution in [0.4, 0.5) is 8.78 Å². The fraction of sp³-hybridized carbons (Fsp3) is 0.222. The number of hydrogen-bond donors (Lipinski definition) is 1. The molecule has 0 fully saturated rings. The van der Waals surface area contributed by atoms with E-state index in [1.54, 1.807) is 0 Å². The van der Waals surface area contributed by atoms with Gasteiger partial charge in [-0.2, -0.15) is 9.65 Å². The number of nitrogens with zero attached hydrogens (tertiary/aromatic N) is 1. The number of benzene rings is 1. The molecular formula is C9H7F2NO2. The monoisotopic (exact) mass is 199 g/mol. The summed E-state index contributed by atoms with van der Waals surface area (Å²) in [5, 5.41) is 16.8. The zero-order valence-corrected chi connectivity index (χ0v) is 7.13. The van der Waals surface area contributed by atoms with E-state index in [9.17, 15) is 8.78 Å². The molecule has 0 bridgehead atoms. The zero-order valence-electron chi connectivity index (χ0n) is 7.13. The molecule has 0 aliphatic rings. The van der Waals surface area contributed by atoms with Gasteiger partial charge >= 0.3 is 0 Å². The average Bonchev–Trinajstić information content (AvgIpc) is 2.20. The third kappa shape index (κ3) is 1.98. The van der Waals surface area contributed by atoms with Crippen molar-refractivity contribution in [1.82, 2.24) is 0 Å². The summed E-state index contributed by atoms with van der Waals surface area (Å²) in [6.07, 6.45) is 0. The molecule has 0 amide bonds. The smallest absolute Gasteiger partial charge is 0.201 e. The summed E-state index contributed by atoms with van der Waals surface area (Å²) in [6, 6.07) is 3.76. The molecule has 1 aromatic rings. The Morgan fingerprint density at radius 3 is 2.64 bits per heavy atom. The number of halogens is 2. The summed E-state index contributed by atoms with van der Waals surface area (Å²) in [6.45, 7) is -0.413. The molecule has 0 spiro atoms. The van der Waals surface area contributed by atoms with Crippen LogP contribution in [0.5, 0.6) is 5.75 Å². The van der Waals surface area contributed by atoms with E-state index in [0.29, 0.717) is 0 Å². The summed E-state index contributed by atoms with van der Waals surface area (Å²) in [7, 11) is 0. The van der Waals surface area contributed by atoms with Crippen LogP contribution in [0.2, 0.25) is 0 Å². The molecule has 1 aromatic carbocycles. The Hall–Kier alpha value is -1.67. The van der Waals surface area contributed by atoms with Gasteiger partial charge in [0.15, 0.2) is 11.6 Å². The summed E-state index contributed by atoms with van der Waals surface area (Å²) in [5.41, 5.74) is -0.376. The highest BCUT2D eigenvalue weighted by molar-refractivity contribution is 5.37. The lowest BCUT2D eigenvalue weighted by Gasteiger charge is -2.05. The number of nitriles is 1. The van der Waals surface area contributed by atoms with Crippen molar-refractivity contribution in [3.8, 4) is 11.8 Å². The van der Waals surface area contributed by atoms with Crippen molar-refractivity contribution >= 4 is 0 Å². The van der Waals surface area contributed by atoms with E-state index >= 15 is 0 Å². The number of hydrogen-bond acceptors (Lipinski definition) is 3. The molecule has 14 heavy (non-hydrogen) atoms. The first-order valence-electron chi connectivity index (χ1n) is 3.82. The van der Waals surface area contributed by atoms with Crippen LogP contribution in [-0.4, -0.2) is 18.3 Å². The maximum atomic E-state index is 13.0. The molecule has 0 radical (unpaired) electrons. The van der Waals surface area contributed by atoms with Crippen molar-refractivity contribution in [2.24, 2.45) is 0 Å². The van der Waals surface area contributed by atoms with Crippen LogP contribution in [0.1, 0.15) is 5.56 Å².